The topological polar surface area (TPSA) is 8.17 Å². The Balaban J connectivity index is 1.03. The van der Waals surface area contributed by atoms with Crippen molar-refractivity contribution in [3.05, 3.63) is 289 Å². The molecule has 0 unspecified atom stereocenters. The van der Waals surface area contributed by atoms with Crippen molar-refractivity contribution in [2.45, 2.75) is 5.41 Å². The number of aromatic nitrogens is 1. The van der Waals surface area contributed by atoms with Gasteiger partial charge in [0.1, 0.15) is 0 Å². The van der Waals surface area contributed by atoms with E-state index in [4.69, 9.17) is 0 Å². The van der Waals surface area contributed by atoms with Gasteiger partial charge in [-0.15, -0.1) is 0 Å². The Morgan fingerprint density at radius 2 is 0.821 bits per heavy atom. The standard InChI is InChI=1S/C65H44N2/c1-5-18-45(19-6-1)46-32-36-53(37-33-46)66(62-31-17-21-47-20-13-14-28-55(47)62)54-38-40-57-56-39-34-49(43-60(56)65(61(57)44-54,50-22-7-2-8-23-50)51-24-9-3-10-25-51)48-35-41-64-59(42-48)58-29-15-16-30-63(58)67(64)52-26-11-4-12-27-52/h1-44H. The molecule has 0 atom stereocenters. The molecule has 2 heteroatoms. The summed E-state index contributed by atoms with van der Waals surface area (Å²) in [5.74, 6) is 0. The van der Waals surface area contributed by atoms with E-state index >= 15 is 0 Å². The molecular weight excluding hydrogens is 809 g/mol. The molecule has 314 valence electrons. The first-order valence-electron chi connectivity index (χ1n) is 23.2. The van der Waals surface area contributed by atoms with E-state index in [0.717, 1.165) is 22.7 Å². The van der Waals surface area contributed by atoms with Gasteiger partial charge in [-0.05, 0) is 128 Å². The van der Waals surface area contributed by atoms with E-state index < -0.39 is 5.41 Å². The second-order valence-electron chi connectivity index (χ2n) is 17.6. The third-order valence-electron chi connectivity index (χ3n) is 14.1. The second-order valence-corrected chi connectivity index (χ2v) is 17.6. The number of rotatable bonds is 8. The first-order chi connectivity index (χ1) is 33.2. The predicted molar refractivity (Wildman–Crippen MR) is 281 cm³/mol. The van der Waals surface area contributed by atoms with Gasteiger partial charge in [0, 0.05) is 33.2 Å². The quantitative estimate of drug-likeness (QED) is 0.148. The molecule has 1 aliphatic carbocycles. The number of hydrogen-bond donors (Lipinski definition) is 0. The van der Waals surface area contributed by atoms with Gasteiger partial charge in [-0.1, -0.05) is 200 Å². The van der Waals surface area contributed by atoms with Crippen LogP contribution >= 0.6 is 0 Å². The van der Waals surface area contributed by atoms with Crippen LogP contribution in [-0.4, -0.2) is 4.57 Å². The van der Waals surface area contributed by atoms with Crippen LogP contribution in [0, 0.1) is 0 Å². The van der Waals surface area contributed by atoms with Gasteiger partial charge in [0.25, 0.3) is 0 Å². The number of fused-ring (bicyclic) bond motifs is 7. The molecule has 67 heavy (non-hydrogen) atoms. The Labute approximate surface area is 390 Å². The molecule has 0 spiro atoms. The van der Waals surface area contributed by atoms with Crippen LogP contribution in [0.15, 0.2) is 267 Å². The third-order valence-corrected chi connectivity index (χ3v) is 14.1. The summed E-state index contributed by atoms with van der Waals surface area (Å²) in [6.07, 6.45) is 0. The minimum atomic E-state index is -0.617. The van der Waals surface area contributed by atoms with E-state index in [1.807, 2.05) is 0 Å². The normalized spacial score (nSPS) is 12.6. The van der Waals surface area contributed by atoms with E-state index in [9.17, 15) is 0 Å². The van der Waals surface area contributed by atoms with Crippen LogP contribution < -0.4 is 4.90 Å². The monoisotopic (exact) mass is 852 g/mol. The average Bonchev–Trinajstić information content (AvgIpc) is 3.90. The molecule has 12 aromatic rings. The molecule has 0 fully saturated rings. The van der Waals surface area contributed by atoms with E-state index in [0.29, 0.717) is 0 Å². The molecule has 0 saturated heterocycles. The molecule has 0 bridgehead atoms. The van der Waals surface area contributed by atoms with E-state index in [2.05, 4.69) is 276 Å². The van der Waals surface area contributed by atoms with E-state index in [-0.39, 0.29) is 0 Å². The highest BCUT2D eigenvalue weighted by atomic mass is 15.1. The van der Waals surface area contributed by atoms with Crippen molar-refractivity contribution in [3.63, 3.8) is 0 Å². The summed E-state index contributed by atoms with van der Waals surface area (Å²) in [5.41, 5.74) is 18.6. The maximum Gasteiger partial charge on any atom is 0.0714 e. The van der Waals surface area contributed by atoms with E-state index in [1.165, 1.54) is 88.2 Å². The van der Waals surface area contributed by atoms with E-state index in [1.54, 1.807) is 0 Å². The number of nitrogens with zero attached hydrogens (tertiary/aromatic N) is 2. The lowest BCUT2D eigenvalue weighted by molar-refractivity contribution is 0.768. The summed E-state index contributed by atoms with van der Waals surface area (Å²) in [5, 5.41) is 4.90. The molecule has 1 aromatic heterocycles. The van der Waals surface area contributed by atoms with Crippen LogP contribution in [0.2, 0.25) is 0 Å². The molecular formula is C65H44N2. The van der Waals surface area contributed by atoms with Crippen LogP contribution in [0.4, 0.5) is 17.1 Å². The van der Waals surface area contributed by atoms with Gasteiger partial charge in [-0.2, -0.15) is 0 Å². The smallest absolute Gasteiger partial charge is 0.0714 e. The fourth-order valence-electron chi connectivity index (χ4n) is 11.1. The van der Waals surface area contributed by atoms with Gasteiger partial charge >= 0.3 is 0 Å². The second kappa shape index (κ2) is 15.8. The Hall–Kier alpha value is -8.72. The van der Waals surface area contributed by atoms with Crippen molar-refractivity contribution >= 4 is 49.6 Å². The fraction of sp³-hybridized carbons (Fsp3) is 0.0154. The zero-order chi connectivity index (χ0) is 44.3. The van der Waals surface area contributed by atoms with Crippen LogP contribution in [-0.2, 0) is 5.41 Å². The zero-order valence-electron chi connectivity index (χ0n) is 36.8. The van der Waals surface area contributed by atoms with Gasteiger partial charge in [0.15, 0.2) is 0 Å². The van der Waals surface area contributed by atoms with Crippen molar-refractivity contribution in [1.82, 2.24) is 4.57 Å². The first-order valence-corrected chi connectivity index (χ1v) is 23.2. The minimum absolute atomic E-state index is 0.617. The number of benzene rings is 11. The van der Waals surface area contributed by atoms with Crippen molar-refractivity contribution in [3.8, 4) is 39.1 Å². The summed E-state index contributed by atoms with van der Waals surface area (Å²) in [6, 6.07) is 98.3. The Bertz CT molecular complexity index is 3730. The number of anilines is 3. The number of hydrogen-bond acceptors (Lipinski definition) is 1. The van der Waals surface area contributed by atoms with Gasteiger partial charge < -0.3 is 9.47 Å². The minimum Gasteiger partial charge on any atom is -0.310 e. The molecule has 2 nitrogen and oxygen atoms in total. The first kappa shape index (κ1) is 38.7. The fourth-order valence-corrected chi connectivity index (χ4v) is 11.1. The van der Waals surface area contributed by atoms with Crippen molar-refractivity contribution in [2.24, 2.45) is 0 Å². The Morgan fingerprint density at radius 3 is 1.55 bits per heavy atom. The maximum atomic E-state index is 2.48. The summed E-state index contributed by atoms with van der Waals surface area (Å²) >= 11 is 0. The number of para-hydroxylation sites is 2. The molecule has 0 saturated carbocycles. The zero-order valence-corrected chi connectivity index (χ0v) is 36.8. The molecule has 0 radical (unpaired) electrons. The molecule has 1 heterocycles. The average molecular weight is 853 g/mol. The summed E-state index contributed by atoms with van der Waals surface area (Å²) < 4.78 is 2.39. The summed E-state index contributed by atoms with van der Waals surface area (Å²) in [4.78, 5) is 2.45. The lowest BCUT2D eigenvalue weighted by atomic mass is 9.67. The Kier molecular flexibility index (Phi) is 9.11. The molecule has 1 aliphatic rings. The van der Waals surface area contributed by atoms with Crippen LogP contribution in [0.1, 0.15) is 22.3 Å². The lowest BCUT2D eigenvalue weighted by Gasteiger charge is -2.35. The van der Waals surface area contributed by atoms with Crippen LogP contribution in [0.25, 0.3) is 71.6 Å². The van der Waals surface area contributed by atoms with Crippen molar-refractivity contribution in [1.29, 1.82) is 0 Å². The maximum absolute atomic E-state index is 2.48. The molecule has 11 aromatic carbocycles. The largest absolute Gasteiger partial charge is 0.310 e. The lowest BCUT2D eigenvalue weighted by Crippen LogP contribution is -2.28. The highest BCUT2D eigenvalue weighted by molar-refractivity contribution is 6.10. The Morgan fingerprint density at radius 1 is 0.313 bits per heavy atom. The molecule has 0 aliphatic heterocycles. The van der Waals surface area contributed by atoms with Crippen molar-refractivity contribution < 1.29 is 0 Å². The third kappa shape index (κ3) is 6.18. The van der Waals surface area contributed by atoms with Gasteiger partial charge in [-0.3, -0.25) is 0 Å². The van der Waals surface area contributed by atoms with Crippen molar-refractivity contribution in [2.75, 3.05) is 4.90 Å². The molecule has 13 rings (SSSR count). The van der Waals surface area contributed by atoms with Crippen LogP contribution in [0.3, 0.4) is 0 Å². The van der Waals surface area contributed by atoms with Crippen LogP contribution in [0.5, 0.6) is 0 Å². The SMILES string of the molecule is c1ccc(-c2ccc(N(c3ccc4c(c3)C(c3ccccc3)(c3ccccc3)c3cc(-c5ccc6c(c5)c5ccccc5n6-c5ccccc5)ccc3-4)c3cccc4ccccc34)cc2)cc1. The van der Waals surface area contributed by atoms with Gasteiger partial charge in [0.05, 0.1) is 22.1 Å². The highest BCUT2D eigenvalue weighted by Gasteiger charge is 2.46. The van der Waals surface area contributed by atoms with Gasteiger partial charge in [0.2, 0.25) is 0 Å². The summed E-state index contributed by atoms with van der Waals surface area (Å²) in [6.45, 7) is 0. The molecule has 0 N–H and O–H groups in total. The molecule has 0 amide bonds. The highest BCUT2D eigenvalue weighted by Crippen LogP contribution is 2.58. The predicted octanol–water partition coefficient (Wildman–Crippen LogP) is 17.1. The van der Waals surface area contributed by atoms with Gasteiger partial charge in [-0.25, -0.2) is 0 Å². The summed E-state index contributed by atoms with van der Waals surface area (Å²) in [7, 11) is 0.